The first-order valence-corrected chi connectivity index (χ1v) is 7.51. The third-order valence-corrected chi connectivity index (χ3v) is 3.43. The van der Waals surface area contributed by atoms with E-state index >= 15 is 0 Å². The number of amides is 1. The molecule has 0 aromatic heterocycles. The number of nitrogens with one attached hydrogen (secondary N) is 1. The van der Waals surface area contributed by atoms with Crippen LogP contribution in [0.4, 0.5) is 11.4 Å². The smallest absolute Gasteiger partial charge is 0.265 e. The number of benzene rings is 2. The summed E-state index contributed by atoms with van der Waals surface area (Å²) in [5.74, 6) is 1.05. The van der Waals surface area contributed by atoms with Crippen LogP contribution in [0.15, 0.2) is 42.5 Å². The molecule has 1 unspecified atom stereocenters. The standard InChI is InChI=1S/C18H22N2O3.ClH/c1-4-16(23-14-7-5-6-12(2)10-14)18(21)20-13-8-9-17(22-3)15(19)11-13;/h5-11,16H,4,19H2,1-3H3,(H,20,21);1H. The van der Waals surface area contributed by atoms with Crippen LogP contribution in [-0.4, -0.2) is 19.1 Å². The summed E-state index contributed by atoms with van der Waals surface area (Å²) in [5, 5.41) is 2.82. The highest BCUT2D eigenvalue weighted by Gasteiger charge is 2.19. The minimum Gasteiger partial charge on any atom is -0.495 e. The Kier molecular flexibility index (Phi) is 7.39. The molecule has 0 fully saturated rings. The molecule has 0 saturated carbocycles. The number of carbonyl (C=O) groups excluding carboxylic acids is 1. The highest BCUT2D eigenvalue weighted by atomic mass is 35.5. The number of rotatable bonds is 6. The maximum absolute atomic E-state index is 12.4. The van der Waals surface area contributed by atoms with Gasteiger partial charge in [-0.25, -0.2) is 0 Å². The van der Waals surface area contributed by atoms with E-state index < -0.39 is 6.10 Å². The summed E-state index contributed by atoms with van der Waals surface area (Å²) in [4.78, 5) is 12.4. The molecule has 0 bridgehead atoms. The van der Waals surface area contributed by atoms with Gasteiger partial charge in [-0.15, -0.1) is 12.4 Å². The van der Waals surface area contributed by atoms with Gasteiger partial charge in [0.2, 0.25) is 0 Å². The molecule has 2 aromatic rings. The second kappa shape index (κ2) is 9.03. The first-order valence-electron chi connectivity index (χ1n) is 7.51. The number of nitrogens with two attached hydrogens (primary N) is 1. The summed E-state index contributed by atoms with van der Waals surface area (Å²) in [5.41, 5.74) is 8.01. The molecule has 1 atom stereocenters. The number of hydrogen-bond donors (Lipinski definition) is 2. The van der Waals surface area contributed by atoms with Crippen LogP contribution < -0.4 is 20.5 Å². The Morgan fingerprint density at radius 2 is 2.00 bits per heavy atom. The molecule has 130 valence electrons. The third-order valence-electron chi connectivity index (χ3n) is 3.43. The molecule has 6 heteroatoms. The lowest BCUT2D eigenvalue weighted by molar-refractivity contribution is -0.122. The zero-order valence-electron chi connectivity index (χ0n) is 14.0. The Balaban J connectivity index is 0.00000288. The number of carbonyl (C=O) groups is 1. The van der Waals surface area contributed by atoms with E-state index in [1.807, 2.05) is 38.1 Å². The predicted octanol–water partition coefficient (Wildman–Crippen LogP) is 3.80. The van der Waals surface area contributed by atoms with Gasteiger partial charge in [0.05, 0.1) is 12.8 Å². The van der Waals surface area contributed by atoms with Gasteiger partial charge in [-0.05, 0) is 49.2 Å². The van der Waals surface area contributed by atoms with Gasteiger partial charge in [0.15, 0.2) is 6.10 Å². The van der Waals surface area contributed by atoms with Crippen molar-refractivity contribution in [2.75, 3.05) is 18.2 Å². The molecule has 0 aliphatic rings. The van der Waals surface area contributed by atoms with E-state index in [-0.39, 0.29) is 18.3 Å². The largest absolute Gasteiger partial charge is 0.495 e. The topological polar surface area (TPSA) is 73.6 Å². The molecular weight excluding hydrogens is 328 g/mol. The zero-order valence-corrected chi connectivity index (χ0v) is 14.9. The van der Waals surface area contributed by atoms with E-state index in [2.05, 4.69) is 5.32 Å². The minimum absolute atomic E-state index is 0. The van der Waals surface area contributed by atoms with Crippen molar-refractivity contribution in [1.82, 2.24) is 0 Å². The molecule has 0 radical (unpaired) electrons. The quantitative estimate of drug-likeness (QED) is 0.777. The number of ether oxygens (including phenoxy) is 2. The Morgan fingerprint density at radius 3 is 2.58 bits per heavy atom. The Hall–Kier alpha value is -2.40. The molecule has 2 rings (SSSR count). The molecular formula is C18H23ClN2O3. The molecule has 0 saturated heterocycles. The minimum atomic E-state index is -0.569. The summed E-state index contributed by atoms with van der Waals surface area (Å²) < 4.78 is 10.9. The van der Waals surface area contributed by atoms with Gasteiger partial charge in [-0.1, -0.05) is 19.1 Å². The second-order valence-electron chi connectivity index (χ2n) is 5.28. The average Bonchev–Trinajstić information content (AvgIpc) is 2.52. The zero-order chi connectivity index (χ0) is 16.8. The van der Waals surface area contributed by atoms with Crippen molar-refractivity contribution in [3.8, 4) is 11.5 Å². The summed E-state index contributed by atoms with van der Waals surface area (Å²) >= 11 is 0. The van der Waals surface area contributed by atoms with Gasteiger partial charge < -0.3 is 20.5 Å². The van der Waals surface area contributed by atoms with E-state index in [9.17, 15) is 4.79 Å². The number of aryl methyl sites for hydroxylation is 1. The molecule has 0 aliphatic heterocycles. The lowest BCUT2D eigenvalue weighted by Gasteiger charge is -2.18. The van der Waals surface area contributed by atoms with Crippen LogP contribution in [0, 0.1) is 6.92 Å². The number of hydrogen-bond acceptors (Lipinski definition) is 4. The fourth-order valence-electron chi connectivity index (χ4n) is 2.21. The number of halogens is 1. The van der Waals surface area contributed by atoms with Crippen LogP contribution in [-0.2, 0) is 4.79 Å². The average molecular weight is 351 g/mol. The van der Waals surface area contributed by atoms with Crippen molar-refractivity contribution in [2.45, 2.75) is 26.4 Å². The first kappa shape index (κ1) is 19.6. The molecule has 0 aliphatic carbocycles. The highest BCUT2D eigenvalue weighted by molar-refractivity contribution is 5.95. The van der Waals surface area contributed by atoms with Crippen LogP contribution in [0.5, 0.6) is 11.5 Å². The normalized spacial score (nSPS) is 11.1. The van der Waals surface area contributed by atoms with E-state index in [0.29, 0.717) is 29.3 Å². The second-order valence-corrected chi connectivity index (χ2v) is 5.28. The predicted molar refractivity (Wildman–Crippen MR) is 99.2 cm³/mol. The van der Waals surface area contributed by atoms with Crippen LogP contribution in [0.3, 0.4) is 0 Å². The first-order chi connectivity index (χ1) is 11.0. The van der Waals surface area contributed by atoms with E-state index in [1.54, 1.807) is 25.3 Å². The maximum Gasteiger partial charge on any atom is 0.265 e. The van der Waals surface area contributed by atoms with E-state index in [1.165, 1.54) is 0 Å². The lowest BCUT2D eigenvalue weighted by Crippen LogP contribution is -2.32. The van der Waals surface area contributed by atoms with Crippen molar-refractivity contribution in [1.29, 1.82) is 0 Å². The summed E-state index contributed by atoms with van der Waals surface area (Å²) in [6.45, 7) is 3.89. The molecule has 1 amide bonds. The summed E-state index contributed by atoms with van der Waals surface area (Å²) in [6.07, 6.45) is -0.00840. The monoisotopic (exact) mass is 350 g/mol. The maximum atomic E-state index is 12.4. The van der Waals surface area contributed by atoms with Crippen LogP contribution in [0.1, 0.15) is 18.9 Å². The van der Waals surface area contributed by atoms with Gasteiger partial charge >= 0.3 is 0 Å². The highest BCUT2D eigenvalue weighted by Crippen LogP contribution is 2.25. The van der Waals surface area contributed by atoms with Crippen molar-refractivity contribution in [2.24, 2.45) is 0 Å². The Morgan fingerprint density at radius 1 is 1.25 bits per heavy atom. The number of anilines is 2. The summed E-state index contributed by atoms with van der Waals surface area (Å²) in [7, 11) is 1.55. The van der Waals surface area contributed by atoms with Crippen molar-refractivity contribution in [3.63, 3.8) is 0 Å². The van der Waals surface area contributed by atoms with Crippen LogP contribution in [0.2, 0.25) is 0 Å². The number of nitrogen functional groups attached to an aromatic ring is 1. The van der Waals surface area contributed by atoms with Gasteiger partial charge in [0, 0.05) is 5.69 Å². The fraction of sp³-hybridized carbons (Fsp3) is 0.278. The fourth-order valence-corrected chi connectivity index (χ4v) is 2.21. The SMILES string of the molecule is CCC(Oc1cccc(C)c1)C(=O)Nc1ccc(OC)c(N)c1.Cl. The van der Waals surface area contributed by atoms with Crippen LogP contribution in [0.25, 0.3) is 0 Å². The van der Waals surface area contributed by atoms with E-state index in [4.69, 9.17) is 15.2 Å². The third kappa shape index (κ3) is 5.06. The van der Waals surface area contributed by atoms with Gasteiger partial charge in [-0.2, -0.15) is 0 Å². The van der Waals surface area contributed by atoms with Gasteiger partial charge in [0.25, 0.3) is 5.91 Å². The molecule has 5 nitrogen and oxygen atoms in total. The van der Waals surface area contributed by atoms with Crippen LogP contribution >= 0.6 is 12.4 Å². The number of methoxy groups -OCH3 is 1. The molecule has 3 N–H and O–H groups in total. The molecule has 0 heterocycles. The Bertz CT molecular complexity index is 692. The Labute approximate surface area is 148 Å². The van der Waals surface area contributed by atoms with Gasteiger partial charge in [0.1, 0.15) is 11.5 Å². The van der Waals surface area contributed by atoms with Gasteiger partial charge in [-0.3, -0.25) is 4.79 Å². The van der Waals surface area contributed by atoms with Crippen molar-refractivity contribution < 1.29 is 14.3 Å². The lowest BCUT2D eigenvalue weighted by atomic mass is 10.2. The van der Waals surface area contributed by atoms with Crippen molar-refractivity contribution >= 4 is 29.7 Å². The van der Waals surface area contributed by atoms with Crippen molar-refractivity contribution in [3.05, 3.63) is 48.0 Å². The molecule has 2 aromatic carbocycles. The summed E-state index contributed by atoms with van der Waals surface area (Å²) in [6, 6.07) is 12.7. The van der Waals surface area contributed by atoms with E-state index in [0.717, 1.165) is 5.56 Å². The molecule has 0 spiro atoms. The molecule has 24 heavy (non-hydrogen) atoms.